The highest BCUT2D eigenvalue weighted by molar-refractivity contribution is 14.0. The molecule has 3 aromatic rings. The Labute approximate surface area is 184 Å². The van der Waals surface area contributed by atoms with Gasteiger partial charge in [0.2, 0.25) is 0 Å². The van der Waals surface area contributed by atoms with E-state index in [9.17, 15) is 0 Å². The van der Waals surface area contributed by atoms with Gasteiger partial charge in [0, 0.05) is 56.8 Å². The summed E-state index contributed by atoms with van der Waals surface area (Å²) in [5.74, 6) is 1.33. The zero-order valence-corrected chi connectivity index (χ0v) is 19.0. The van der Waals surface area contributed by atoms with E-state index in [1.807, 2.05) is 23.1 Å². The molecule has 152 valence electrons. The number of aliphatic imine (C=N–C) groups is 1. The second-order valence-corrected chi connectivity index (χ2v) is 6.90. The van der Waals surface area contributed by atoms with Crippen molar-refractivity contribution in [2.24, 2.45) is 10.9 Å². The molecule has 0 spiro atoms. The molecule has 0 aliphatic carbocycles. The first-order valence-corrected chi connectivity index (χ1v) is 9.79. The quantitative estimate of drug-likeness (QED) is 0.206. The summed E-state index contributed by atoms with van der Waals surface area (Å²) in [6.45, 7) is 8.71. The second-order valence-electron chi connectivity index (χ2n) is 6.90. The minimum atomic E-state index is 0. The van der Waals surface area contributed by atoms with E-state index in [-0.39, 0.29) is 24.0 Å². The maximum Gasteiger partial charge on any atom is 0.191 e. The number of rotatable bonds is 9. The van der Waals surface area contributed by atoms with Gasteiger partial charge in [-0.1, -0.05) is 25.1 Å². The fourth-order valence-corrected chi connectivity index (χ4v) is 3.17. The van der Waals surface area contributed by atoms with Gasteiger partial charge < -0.3 is 15.2 Å². The monoisotopic (exact) mass is 494 g/mol. The van der Waals surface area contributed by atoms with Crippen LogP contribution >= 0.6 is 24.0 Å². The van der Waals surface area contributed by atoms with Crippen LogP contribution in [0, 0.1) is 5.92 Å². The van der Waals surface area contributed by atoms with Crippen LogP contribution in [-0.4, -0.2) is 39.9 Å². The van der Waals surface area contributed by atoms with E-state index in [4.69, 9.17) is 4.99 Å². The van der Waals surface area contributed by atoms with Crippen molar-refractivity contribution >= 4 is 40.8 Å². The number of hydrogen-bond acceptors (Lipinski definition) is 2. The van der Waals surface area contributed by atoms with Crippen LogP contribution in [-0.2, 0) is 13.1 Å². The number of guanidine groups is 1. The highest BCUT2D eigenvalue weighted by atomic mass is 127. The summed E-state index contributed by atoms with van der Waals surface area (Å²) < 4.78 is 4.27. The number of aryl methyl sites for hydroxylation is 1. The highest BCUT2D eigenvalue weighted by Gasteiger charge is 2.04. The second kappa shape index (κ2) is 11.7. The number of nitrogens with one attached hydrogen (secondary N) is 2. The third-order valence-electron chi connectivity index (χ3n) is 4.51. The van der Waals surface area contributed by atoms with Gasteiger partial charge in [0.25, 0.3) is 0 Å². The zero-order valence-electron chi connectivity index (χ0n) is 16.7. The molecule has 0 bridgehead atoms. The minimum absolute atomic E-state index is 0. The normalized spacial score (nSPS) is 12.6. The average Bonchev–Trinajstić information content (AvgIpc) is 3.33. The smallest absolute Gasteiger partial charge is 0.191 e. The first-order chi connectivity index (χ1) is 13.3. The van der Waals surface area contributed by atoms with E-state index in [1.54, 1.807) is 0 Å². The van der Waals surface area contributed by atoms with E-state index >= 15 is 0 Å². The van der Waals surface area contributed by atoms with Gasteiger partial charge >= 0.3 is 0 Å². The van der Waals surface area contributed by atoms with Gasteiger partial charge in [-0.05, 0) is 42.8 Å². The zero-order chi connectivity index (χ0) is 18.9. The minimum Gasteiger partial charge on any atom is -0.357 e. The molecule has 2 heterocycles. The molecule has 28 heavy (non-hydrogen) atoms. The molecule has 2 aromatic heterocycles. The summed E-state index contributed by atoms with van der Waals surface area (Å²) in [4.78, 5) is 4.72. The number of fused-ring (bicyclic) bond motifs is 1. The largest absolute Gasteiger partial charge is 0.357 e. The Balaban J connectivity index is 0.00000280. The lowest BCUT2D eigenvalue weighted by Crippen LogP contribution is -2.38. The van der Waals surface area contributed by atoms with Crippen LogP contribution in [0.1, 0.15) is 20.3 Å². The SMILES string of the molecule is CCNC(=NCC(C)Cn1cccn1)NCCCn1ccc2ccccc21.I. The van der Waals surface area contributed by atoms with Crippen molar-refractivity contribution in [1.82, 2.24) is 25.0 Å². The van der Waals surface area contributed by atoms with E-state index in [1.165, 1.54) is 10.9 Å². The lowest BCUT2D eigenvalue weighted by atomic mass is 10.2. The Morgan fingerprint density at radius 2 is 2.00 bits per heavy atom. The molecule has 6 nitrogen and oxygen atoms in total. The van der Waals surface area contributed by atoms with Crippen LogP contribution in [0.5, 0.6) is 0 Å². The van der Waals surface area contributed by atoms with Crippen LogP contribution in [0.15, 0.2) is 60.0 Å². The van der Waals surface area contributed by atoms with Gasteiger partial charge in [0.1, 0.15) is 0 Å². The summed E-state index contributed by atoms with van der Waals surface area (Å²) in [7, 11) is 0. The number of halogens is 1. The van der Waals surface area contributed by atoms with Crippen LogP contribution in [0.4, 0.5) is 0 Å². The summed E-state index contributed by atoms with van der Waals surface area (Å²) in [5.41, 5.74) is 1.30. The molecule has 1 unspecified atom stereocenters. The lowest BCUT2D eigenvalue weighted by molar-refractivity contribution is 0.458. The Hall–Kier alpha value is -2.03. The Morgan fingerprint density at radius 1 is 1.14 bits per heavy atom. The van der Waals surface area contributed by atoms with Crippen molar-refractivity contribution in [2.75, 3.05) is 19.6 Å². The Bertz CT molecular complexity index is 840. The molecule has 0 fully saturated rings. The van der Waals surface area contributed by atoms with Crippen molar-refractivity contribution in [1.29, 1.82) is 0 Å². The van der Waals surface area contributed by atoms with Gasteiger partial charge in [0.15, 0.2) is 5.96 Å². The van der Waals surface area contributed by atoms with Gasteiger partial charge in [-0.25, -0.2) is 0 Å². The average molecular weight is 494 g/mol. The summed E-state index contributed by atoms with van der Waals surface area (Å²) in [6, 6.07) is 12.6. The van der Waals surface area contributed by atoms with Crippen LogP contribution in [0.3, 0.4) is 0 Å². The number of benzene rings is 1. The third kappa shape index (κ3) is 6.54. The molecule has 0 saturated carbocycles. The summed E-state index contributed by atoms with van der Waals surface area (Å²) in [5, 5.41) is 12.3. The van der Waals surface area contributed by atoms with Crippen molar-refractivity contribution in [3.63, 3.8) is 0 Å². The molecule has 0 aliphatic heterocycles. The fourth-order valence-electron chi connectivity index (χ4n) is 3.17. The van der Waals surface area contributed by atoms with Crippen molar-refractivity contribution < 1.29 is 0 Å². The van der Waals surface area contributed by atoms with Gasteiger partial charge in [-0.2, -0.15) is 5.10 Å². The topological polar surface area (TPSA) is 59.2 Å². The first kappa shape index (κ1) is 22.3. The van der Waals surface area contributed by atoms with Crippen LogP contribution in [0.2, 0.25) is 0 Å². The van der Waals surface area contributed by atoms with E-state index in [2.05, 4.69) is 70.7 Å². The lowest BCUT2D eigenvalue weighted by Gasteiger charge is -2.14. The molecule has 2 N–H and O–H groups in total. The third-order valence-corrected chi connectivity index (χ3v) is 4.51. The van der Waals surface area contributed by atoms with Gasteiger partial charge in [0.05, 0.1) is 0 Å². The number of aromatic nitrogens is 3. The Morgan fingerprint density at radius 3 is 2.79 bits per heavy atom. The van der Waals surface area contributed by atoms with E-state index in [0.29, 0.717) is 5.92 Å². The molecular weight excluding hydrogens is 463 g/mol. The molecule has 1 atom stereocenters. The maximum atomic E-state index is 4.72. The van der Waals surface area contributed by atoms with E-state index in [0.717, 1.165) is 45.1 Å². The van der Waals surface area contributed by atoms with E-state index < -0.39 is 0 Å². The standard InChI is InChI=1S/C21H30N6.HI/c1-3-22-21(24-16-18(2)17-27-14-7-12-25-27)23-11-6-13-26-15-10-19-8-4-5-9-20(19)26;/h4-5,7-10,12,14-15,18H,3,6,11,13,16-17H2,1-2H3,(H2,22,23,24);1H. The Kier molecular flexibility index (Phi) is 9.33. The predicted molar refractivity (Wildman–Crippen MR) is 127 cm³/mol. The van der Waals surface area contributed by atoms with Crippen molar-refractivity contribution in [2.45, 2.75) is 33.4 Å². The first-order valence-electron chi connectivity index (χ1n) is 9.79. The van der Waals surface area contributed by atoms with Gasteiger partial charge in [-0.3, -0.25) is 9.67 Å². The molecule has 1 aromatic carbocycles. The van der Waals surface area contributed by atoms with Crippen molar-refractivity contribution in [3.05, 3.63) is 55.0 Å². The fraction of sp³-hybridized carbons (Fsp3) is 0.429. The van der Waals surface area contributed by atoms with Crippen LogP contribution < -0.4 is 10.6 Å². The van der Waals surface area contributed by atoms with Crippen LogP contribution in [0.25, 0.3) is 10.9 Å². The molecule has 0 radical (unpaired) electrons. The molecular formula is C21H31IN6. The molecule has 3 rings (SSSR count). The molecule has 0 amide bonds. The highest BCUT2D eigenvalue weighted by Crippen LogP contribution is 2.15. The molecule has 0 saturated heterocycles. The molecule has 0 aliphatic rings. The number of hydrogen-bond donors (Lipinski definition) is 2. The van der Waals surface area contributed by atoms with Gasteiger partial charge in [-0.15, -0.1) is 24.0 Å². The number of para-hydroxylation sites is 1. The van der Waals surface area contributed by atoms with Crippen molar-refractivity contribution in [3.8, 4) is 0 Å². The number of nitrogens with zero attached hydrogens (tertiary/aromatic N) is 4. The summed E-state index contributed by atoms with van der Waals surface area (Å²) >= 11 is 0. The predicted octanol–water partition coefficient (Wildman–Crippen LogP) is 3.74. The molecule has 7 heteroatoms. The summed E-state index contributed by atoms with van der Waals surface area (Å²) in [6.07, 6.45) is 7.02. The maximum absolute atomic E-state index is 4.72.